The number of carbonyl (C=O) groups excluding carboxylic acids is 1. The van der Waals surface area contributed by atoms with Crippen LogP contribution in [0, 0.1) is 11.3 Å². The van der Waals surface area contributed by atoms with E-state index in [1.54, 1.807) is 23.5 Å². The SMILES string of the molecule is CC12N=CC=CN1NC(=N)C2C=O. The summed E-state index contributed by atoms with van der Waals surface area (Å²) in [6, 6.07) is 0. The lowest BCUT2D eigenvalue weighted by Crippen LogP contribution is -2.45. The summed E-state index contributed by atoms with van der Waals surface area (Å²) in [7, 11) is 0. The van der Waals surface area contributed by atoms with Crippen molar-refractivity contribution in [2.24, 2.45) is 10.9 Å². The number of allylic oxidation sites excluding steroid dienone is 1. The van der Waals surface area contributed by atoms with E-state index < -0.39 is 11.6 Å². The molecule has 13 heavy (non-hydrogen) atoms. The van der Waals surface area contributed by atoms with Crippen LogP contribution in [0.5, 0.6) is 0 Å². The van der Waals surface area contributed by atoms with Crippen molar-refractivity contribution < 1.29 is 4.79 Å². The van der Waals surface area contributed by atoms with Gasteiger partial charge in [0.15, 0.2) is 5.66 Å². The van der Waals surface area contributed by atoms with E-state index in [-0.39, 0.29) is 5.84 Å². The second kappa shape index (κ2) is 2.42. The van der Waals surface area contributed by atoms with Crippen molar-refractivity contribution in [2.45, 2.75) is 12.6 Å². The molecule has 1 saturated heterocycles. The lowest BCUT2D eigenvalue weighted by atomic mass is 9.96. The van der Waals surface area contributed by atoms with Gasteiger partial charge in [0.1, 0.15) is 18.0 Å². The van der Waals surface area contributed by atoms with Crippen LogP contribution < -0.4 is 5.43 Å². The molecule has 2 rings (SSSR count). The van der Waals surface area contributed by atoms with Crippen molar-refractivity contribution in [3.8, 4) is 0 Å². The van der Waals surface area contributed by atoms with Gasteiger partial charge in [-0.3, -0.25) is 20.8 Å². The third-order valence-corrected chi connectivity index (χ3v) is 2.42. The maximum atomic E-state index is 10.8. The van der Waals surface area contributed by atoms with E-state index in [2.05, 4.69) is 10.4 Å². The molecule has 0 amide bonds. The van der Waals surface area contributed by atoms with Crippen molar-refractivity contribution >= 4 is 18.3 Å². The minimum atomic E-state index is -0.659. The van der Waals surface area contributed by atoms with Crippen LogP contribution in [0.2, 0.25) is 0 Å². The monoisotopic (exact) mass is 178 g/mol. The summed E-state index contributed by atoms with van der Waals surface area (Å²) in [6.45, 7) is 1.82. The third-order valence-electron chi connectivity index (χ3n) is 2.42. The van der Waals surface area contributed by atoms with E-state index in [4.69, 9.17) is 5.41 Å². The lowest BCUT2D eigenvalue weighted by Gasteiger charge is -2.32. The normalized spacial score (nSPS) is 35.9. The highest BCUT2D eigenvalue weighted by atomic mass is 16.1. The maximum Gasteiger partial charge on any atom is 0.163 e. The Balaban J connectivity index is 2.43. The number of hydrazine groups is 1. The van der Waals surface area contributed by atoms with E-state index in [1.807, 2.05) is 6.92 Å². The number of aldehydes is 1. The van der Waals surface area contributed by atoms with Crippen molar-refractivity contribution in [2.75, 3.05) is 0 Å². The van der Waals surface area contributed by atoms with Crippen LogP contribution in [0.4, 0.5) is 0 Å². The Kier molecular flexibility index (Phi) is 1.48. The molecule has 0 aliphatic carbocycles. The second-order valence-electron chi connectivity index (χ2n) is 3.22. The van der Waals surface area contributed by atoms with Crippen molar-refractivity contribution in [1.29, 1.82) is 5.41 Å². The minimum Gasteiger partial charge on any atom is -0.302 e. The molecule has 5 nitrogen and oxygen atoms in total. The van der Waals surface area contributed by atoms with Gasteiger partial charge in [0.2, 0.25) is 0 Å². The standard InChI is InChI=1S/C8H10N4O/c1-8-6(5-13)7(9)11-12(8)4-2-3-10-8/h2-6H,1H3,(H2,9,11). The van der Waals surface area contributed by atoms with Crippen molar-refractivity contribution in [1.82, 2.24) is 10.4 Å². The average Bonchev–Trinajstić information content (AvgIpc) is 2.35. The van der Waals surface area contributed by atoms with Crippen molar-refractivity contribution in [3.63, 3.8) is 0 Å². The van der Waals surface area contributed by atoms with Crippen LogP contribution in [0.15, 0.2) is 17.3 Å². The van der Waals surface area contributed by atoms with E-state index in [1.165, 1.54) is 0 Å². The number of nitrogens with one attached hydrogen (secondary N) is 2. The summed E-state index contributed by atoms with van der Waals surface area (Å²) < 4.78 is 0. The quantitative estimate of drug-likeness (QED) is 0.551. The molecular formula is C8H10N4O. The number of rotatable bonds is 1. The highest BCUT2D eigenvalue weighted by molar-refractivity contribution is 5.97. The van der Waals surface area contributed by atoms with Crippen LogP contribution in [-0.4, -0.2) is 29.0 Å². The van der Waals surface area contributed by atoms with Gasteiger partial charge in [-0.2, -0.15) is 0 Å². The van der Waals surface area contributed by atoms with E-state index in [0.717, 1.165) is 6.29 Å². The van der Waals surface area contributed by atoms with E-state index >= 15 is 0 Å². The molecule has 0 aromatic carbocycles. The highest BCUT2D eigenvalue weighted by Gasteiger charge is 2.48. The molecule has 2 N–H and O–H groups in total. The zero-order valence-electron chi connectivity index (χ0n) is 7.19. The van der Waals surface area contributed by atoms with Gasteiger partial charge in [0.05, 0.1) is 0 Å². The number of aliphatic imine (C=N–C) groups is 1. The van der Waals surface area contributed by atoms with Gasteiger partial charge < -0.3 is 4.79 Å². The molecule has 2 aliphatic rings. The highest BCUT2D eigenvalue weighted by Crippen LogP contribution is 2.31. The Hall–Kier alpha value is -1.65. The lowest BCUT2D eigenvalue weighted by molar-refractivity contribution is -0.111. The Morgan fingerprint density at radius 2 is 2.62 bits per heavy atom. The zero-order valence-corrected chi connectivity index (χ0v) is 7.19. The number of carbonyl (C=O) groups is 1. The average molecular weight is 178 g/mol. The first-order chi connectivity index (χ1) is 6.18. The fourth-order valence-corrected chi connectivity index (χ4v) is 1.58. The number of amidine groups is 1. The summed E-state index contributed by atoms with van der Waals surface area (Å²) in [6.07, 6.45) is 5.93. The van der Waals surface area contributed by atoms with Gasteiger partial charge in [-0.25, -0.2) is 0 Å². The molecule has 0 aromatic heterocycles. The molecule has 0 spiro atoms. The van der Waals surface area contributed by atoms with Crippen LogP contribution in [0.1, 0.15) is 6.92 Å². The summed E-state index contributed by atoms with van der Waals surface area (Å²) >= 11 is 0. The van der Waals surface area contributed by atoms with E-state index in [9.17, 15) is 4.79 Å². The second-order valence-corrected chi connectivity index (χ2v) is 3.22. The van der Waals surface area contributed by atoms with Gasteiger partial charge >= 0.3 is 0 Å². The van der Waals surface area contributed by atoms with Crippen LogP contribution in [0.25, 0.3) is 0 Å². The Bertz CT molecular complexity index is 322. The fourth-order valence-electron chi connectivity index (χ4n) is 1.58. The van der Waals surface area contributed by atoms with Gasteiger partial charge in [0.25, 0.3) is 0 Å². The fraction of sp³-hybridized carbons (Fsp3) is 0.375. The van der Waals surface area contributed by atoms with Gasteiger partial charge in [-0.15, -0.1) is 0 Å². The predicted molar refractivity (Wildman–Crippen MR) is 48.3 cm³/mol. The molecule has 1 fully saturated rings. The first-order valence-corrected chi connectivity index (χ1v) is 4.00. The molecule has 2 aliphatic heterocycles. The Labute approximate surface area is 75.6 Å². The number of fused-ring (bicyclic) bond motifs is 1. The molecule has 0 bridgehead atoms. The molecule has 0 radical (unpaired) electrons. The largest absolute Gasteiger partial charge is 0.302 e. The summed E-state index contributed by atoms with van der Waals surface area (Å²) in [4.78, 5) is 15.0. The molecule has 2 unspecified atom stereocenters. The zero-order chi connectivity index (χ0) is 9.47. The smallest absolute Gasteiger partial charge is 0.163 e. The summed E-state index contributed by atoms with van der Waals surface area (Å²) in [5.41, 5.74) is 2.12. The van der Waals surface area contributed by atoms with Gasteiger partial charge in [-0.05, 0) is 13.0 Å². The predicted octanol–water partition coefficient (Wildman–Crippen LogP) is -0.0867. The van der Waals surface area contributed by atoms with Crippen LogP contribution in [-0.2, 0) is 4.79 Å². The molecule has 0 saturated carbocycles. The first kappa shape index (κ1) is 7.97. The molecule has 2 atom stereocenters. The number of nitrogens with zero attached hydrogens (tertiary/aromatic N) is 2. The topological polar surface area (TPSA) is 68.6 Å². The number of hydrogen-bond donors (Lipinski definition) is 2. The minimum absolute atomic E-state index is 0.196. The van der Waals surface area contributed by atoms with Gasteiger partial charge in [-0.1, -0.05) is 0 Å². The van der Waals surface area contributed by atoms with Gasteiger partial charge in [0, 0.05) is 12.4 Å². The number of hydrogen-bond acceptors (Lipinski definition) is 4. The third kappa shape index (κ3) is 0.898. The molecule has 5 heteroatoms. The summed E-state index contributed by atoms with van der Waals surface area (Å²) in [5.74, 6) is -0.310. The summed E-state index contributed by atoms with van der Waals surface area (Å²) in [5, 5.41) is 9.21. The van der Waals surface area contributed by atoms with Crippen molar-refractivity contribution in [3.05, 3.63) is 12.3 Å². The molecule has 68 valence electrons. The van der Waals surface area contributed by atoms with Crippen LogP contribution >= 0.6 is 0 Å². The van der Waals surface area contributed by atoms with E-state index in [0.29, 0.717) is 0 Å². The first-order valence-electron chi connectivity index (χ1n) is 4.00. The Morgan fingerprint density at radius 1 is 1.85 bits per heavy atom. The molecular weight excluding hydrogens is 168 g/mol. The molecule has 0 aromatic rings. The maximum absolute atomic E-state index is 10.8. The Morgan fingerprint density at radius 3 is 3.31 bits per heavy atom. The molecule has 2 heterocycles. The van der Waals surface area contributed by atoms with Crippen LogP contribution in [0.3, 0.4) is 0 Å².